The van der Waals surface area contributed by atoms with Crippen LogP contribution in [0.15, 0.2) is 30.5 Å². The van der Waals surface area contributed by atoms with E-state index in [0.29, 0.717) is 24.6 Å². The van der Waals surface area contributed by atoms with Crippen molar-refractivity contribution in [3.63, 3.8) is 0 Å². The molecule has 1 N–H and O–H groups in total. The van der Waals surface area contributed by atoms with Gasteiger partial charge in [-0.2, -0.15) is 4.80 Å². The van der Waals surface area contributed by atoms with Crippen molar-refractivity contribution in [3.05, 3.63) is 53.4 Å². The number of carbonyl (C=O) groups is 2. The average Bonchev–Trinajstić information content (AvgIpc) is 3.76. The molecule has 3 aliphatic heterocycles. The highest BCUT2D eigenvalue weighted by atomic mass is 16.4. The number of pyridine rings is 2. The molecule has 3 aliphatic rings. The van der Waals surface area contributed by atoms with Crippen LogP contribution >= 0.6 is 0 Å². The summed E-state index contributed by atoms with van der Waals surface area (Å²) in [5.74, 6) is 0.982. The number of aromatic carboxylic acids is 1. The minimum atomic E-state index is -1.04. The number of hydrogen-bond donors (Lipinski definition) is 1. The summed E-state index contributed by atoms with van der Waals surface area (Å²) in [7, 11) is 1.77. The molecule has 3 fully saturated rings. The lowest BCUT2D eigenvalue weighted by Gasteiger charge is -2.23. The molecule has 0 spiro atoms. The summed E-state index contributed by atoms with van der Waals surface area (Å²) >= 11 is 0. The van der Waals surface area contributed by atoms with Gasteiger partial charge >= 0.3 is 5.97 Å². The topological polar surface area (TPSA) is 151 Å². The molecule has 41 heavy (non-hydrogen) atoms. The molecule has 3 unspecified atom stereocenters. The first kappa shape index (κ1) is 25.4. The predicted octanol–water partition coefficient (Wildman–Crippen LogP) is 1.03. The van der Waals surface area contributed by atoms with E-state index in [2.05, 4.69) is 53.3 Å². The minimum absolute atomic E-state index is 0.0361. The summed E-state index contributed by atoms with van der Waals surface area (Å²) in [6.07, 6.45) is 2.85. The van der Waals surface area contributed by atoms with E-state index in [-0.39, 0.29) is 34.7 Å². The van der Waals surface area contributed by atoms with Gasteiger partial charge in [-0.3, -0.25) is 4.79 Å². The van der Waals surface area contributed by atoms with Gasteiger partial charge in [0.1, 0.15) is 5.82 Å². The van der Waals surface area contributed by atoms with Gasteiger partial charge in [0, 0.05) is 51.1 Å². The van der Waals surface area contributed by atoms with Crippen molar-refractivity contribution in [3.8, 4) is 0 Å². The Morgan fingerprint density at radius 2 is 1.83 bits per heavy atom. The van der Waals surface area contributed by atoms with Crippen molar-refractivity contribution in [1.29, 1.82) is 0 Å². The highest BCUT2D eigenvalue weighted by molar-refractivity contribution is 5.91. The molecule has 0 radical (unpaired) electrons. The maximum absolute atomic E-state index is 13.5. The summed E-state index contributed by atoms with van der Waals surface area (Å²) < 4.78 is 1.72. The lowest BCUT2D eigenvalue weighted by Crippen LogP contribution is -2.34. The zero-order valence-electron chi connectivity index (χ0n) is 23.2. The fourth-order valence-electron chi connectivity index (χ4n) is 6.49. The monoisotopic (exact) mass is 557 g/mol. The fourth-order valence-corrected chi connectivity index (χ4v) is 6.49. The fraction of sp³-hybridized carbons (Fsp3) is 0.481. The average molecular weight is 558 g/mol. The first-order chi connectivity index (χ1) is 19.7. The highest BCUT2D eigenvalue weighted by Gasteiger charge is 2.43. The van der Waals surface area contributed by atoms with Crippen molar-refractivity contribution in [2.24, 2.45) is 18.9 Å². The zero-order chi connectivity index (χ0) is 28.5. The van der Waals surface area contributed by atoms with E-state index in [1.165, 1.54) is 10.9 Å². The van der Waals surface area contributed by atoms with E-state index in [9.17, 15) is 14.7 Å². The van der Waals surface area contributed by atoms with Crippen molar-refractivity contribution in [2.75, 3.05) is 49.1 Å². The number of rotatable bonds is 5. The molecule has 212 valence electrons. The molecular formula is C27H31N11O3. The molecule has 0 bridgehead atoms. The summed E-state index contributed by atoms with van der Waals surface area (Å²) in [6.45, 7) is 8.44. The Kier molecular flexibility index (Phi) is 5.70. The van der Waals surface area contributed by atoms with Gasteiger partial charge in [-0.05, 0) is 42.3 Å². The van der Waals surface area contributed by atoms with Crippen LogP contribution in [0.5, 0.6) is 0 Å². The Labute approximate surface area is 235 Å². The first-order valence-electron chi connectivity index (χ1n) is 13.8. The summed E-state index contributed by atoms with van der Waals surface area (Å²) in [6, 6.07) is 7.14. The van der Waals surface area contributed by atoms with Crippen LogP contribution in [-0.4, -0.2) is 101 Å². The van der Waals surface area contributed by atoms with Gasteiger partial charge in [-0.1, -0.05) is 13.0 Å². The first-order valence-corrected chi connectivity index (χ1v) is 13.8. The van der Waals surface area contributed by atoms with E-state index in [0.717, 1.165) is 49.7 Å². The van der Waals surface area contributed by atoms with E-state index in [1.54, 1.807) is 17.6 Å². The van der Waals surface area contributed by atoms with E-state index in [1.807, 2.05) is 24.1 Å². The predicted molar refractivity (Wildman–Crippen MR) is 147 cm³/mol. The van der Waals surface area contributed by atoms with Crippen molar-refractivity contribution in [1.82, 2.24) is 44.7 Å². The molecule has 0 aliphatic carbocycles. The number of tetrazole rings is 1. The number of likely N-dealkylation sites (tertiary alicyclic amines) is 1. The molecule has 4 aromatic rings. The number of aromatic nitrogens is 8. The molecule has 14 nitrogen and oxygen atoms in total. The van der Waals surface area contributed by atoms with Gasteiger partial charge in [0.15, 0.2) is 17.2 Å². The number of hydrogen-bond acceptors (Lipinski definition) is 10. The largest absolute Gasteiger partial charge is 0.477 e. The highest BCUT2D eigenvalue weighted by Crippen LogP contribution is 2.36. The minimum Gasteiger partial charge on any atom is -0.477 e. The van der Waals surface area contributed by atoms with Crippen LogP contribution in [0.25, 0.3) is 5.65 Å². The molecule has 1 amide bonds. The summed E-state index contributed by atoms with van der Waals surface area (Å²) in [5, 5.41) is 26.6. The number of carbonyl (C=O) groups excluding carboxylic acids is 1. The number of carboxylic acids is 1. The van der Waals surface area contributed by atoms with Crippen LogP contribution in [0.2, 0.25) is 0 Å². The maximum Gasteiger partial charge on any atom is 0.354 e. The van der Waals surface area contributed by atoms with Crippen molar-refractivity contribution in [2.45, 2.75) is 25.7 Å². The maximum atomic E-state index is 13.5. The second-order valence-electron chi connectivity index (χ2n) is 11.7. The molecule has 7 rings (SSSR count). The van der Waals surface area contributed by atoms with Gasteiger partial charge in [-0.15, -0.1) is 15.3 Å². The van der Waals surface area contributed by atoms with Gasteiger partial charge in [-0.25, -0.2) is 19.3 Å². The number of anilines is 2. The quantitative estimate of drug-likeness (QED) is 0.375. The molecule has 14 heteroatoms. The standard InChI is InChI=1S/C27H31N11O3/c1-16-9-19(35-8-7-27(2,15-35)26-30-33-34(3)32-26)14-38-23(16)29-22(31-38)24(39)37-12-17-10-36(11-18(17)13-37)21-6-4-5-20(28-21)25(40)41/h4-6,9,14,17-18H,7-8,10-13,15H2,1-3H3,(H,40,41). The second kappa shape index (κ2) is 9.21. The van der Waals surface area contributed by atoms with Gasteiger partial charge in [0.2, 0.25) is 5.82 Å². The normalized spacial score (nSPS) is 24.0. The van der Waals surface area contributed by atoms with Crippen molar-refractivity contribution < 1.29 is 14.7 Å². The van der Waals surface area contributed by atoms with Crippen LogP contribution in [0, 0.1) is 18.8 Å². The van der Waals surface area contributed by atoms with Gasteiger partial charge in [0.25, 0.3) is 5.91 Å². The Balaban J connectivity index is 1.05. The molecular weight excluding hydrogens is 526 g/mol. The Hall–Kier alpha value is -4.62. The van der Waals surface area contributed by atoms with E-state index >= 15 is 0 Å². The van der Waals surface area contributed by atoms with Gasteiger partial charge in [0.05, 0.1) is 24.3 Å². The van der Waals surface area contributed by atoms with E-state index < -0.39 is 5.97 Å². The lowest BCUT2D eigenvalue weighted by atomic mass is 9.89. The third kappa shape index (κ3) is 4.33. The third-order valence-electron chi connectivity index (χ3n) is 8.73. The van der Waals surface area contributed by atoms with Crippen LogP contribution < -0.4 is 9.80 Å². The number of fused-ring (bicyclic) bond motifs is 2. The van der Waals surface area contributed by atoms with E-state index in [4.69, 9.17) is 0 Å². The molecule has 3 saturated heterocycles. The summed E-state index contributed by atoms with van der Waals surface area (Å²) in [5.41, 5.74) is 2.48. The van der Waals surface area contributed by atoms with Gasteiger partial charge < -0.3 is 19.8 Å². The molecule has 4 aromatic heterocycles. The smallest absolute Gasteiger partial charge is 0.354 e. The lowest BCUT2D eigenvalue weighted by molar-refractivity contribution is 0.0689. The number of nitrogens with zero attached hydrogens (tertiary/aromatic N) is 11. The Morgan fingerprint density at radius 1 is 1.05 bits per heavy atom. The van der Waals surface area contributed by atoms with Crippen LogP contribution in [0.4, 0.5) is 11.5 Å². The number of aryl methyl sites for hydroxylation is 2. The molecule has 0 saturated carbocycles. The third-order valence-corrected chi connectivity index (χ3v) is 8.73. The number of carboxylic acid groups (broad SMARTS) is 1. The number of amides is 1. The van der Waals surface area contributed by atoms with Crippen LogP contribution in [-0.2, 0) is 12.5 Å². The summed E-state index contributed by atoms with van der Waals surface area (Å²) in [4.78, 5) is 41.5. The molecule has 3 atom stereocenters. The Morgan fingerprint density at radius 3 is 2.54 bits per heavy atom. The molecule has 0 aromatic carbocycles. The molecule has 7 heterocycles. The Bertz CT molecular complexity index is 1670. The van der Waals surface area contributed by atoms with Crippen LogP contribution in [0.3, 0.4) is 0 Å². The zero-order valence-corrected chi connectivity index (χ0v) is 23.2. The van der Waals surface area contributed by atoms with Crippen LogP contribution in [0.1, 0.15) is 45.8 Å². The second-order valence-corrected chi connectivity index (χ2v) is 11.7. The SMILES string of the molecule is Cc1cc(N2CCC(C)(c3nnn(C)n3)C2)cn2nc(C(=O)N3CC4CN(c5cccc(C(=O)O)n5)CC4C3)nc12. The van der Waals surface area contributed by atoms with Crippen molar-refractivity contribution >= 4 is 29.0 Å².